The van der Waals surface area contributed by atoms with Crippen LogP contribution in [0.3, 0.4) is 0 Å². The van der Waals surface area contributed by atoms with Crippen LogP contribution < -0.4 is 10.2 Å². The summed E-state index contributed by atoms with van der Waals surface area (Å²) in [6, 6.07) is 9.57. The van der Waals surface area contributed by atoms with Crippen LogP contribution >= 0.6 is 11.6 Å². The van der Waals surface area contributed by atoms with Crippen LogP contribution in [0.1, 0.15) is 57.1 Å². The summed E-state index contributed by atoms with van der Waals surface area (Å²) in [5, 5.41) is 13.9. The molecular formula is C25H27ClN8O. The van der Waals surface area contributed by atoms with Crippen LogP contribution in [0.2, 0.25) is 5.02 Å². The number of aromatic nitrogens is 5. The normalized spacial score (nSPS) is 22.8. The molecule has 1 aliphatic carbocycles. The van der Waals surface area contributed by atoms with Crippen molar-refractivity contribution in [3.05, 3.63) is 53.3 Å². The summed E-state index contributed by atoms with van der Waals surface area (Å²) in [5.41, 5.74) is 0.797. The summed E-state index contributed by atoms with van der Waals surface area (Å²) in [7, 11) is 0. The van der Waals surface area contributed by atoms with Crippen LogP contribution in [-0.4, -0.2) is 36.5 Å². The van der Waals surface area contributed by atoms with Gasteiger partial charge in [-0.15, -0.1) is 0 Å². The number of anilines is 2. The van der Waals surface area contributed by atoms with E-state index in [4.69, 9.17) is 11.6 Å². The van der Waals surface area contributed by atoms with Gasteiger partial charge in [-0.1, -0.05) is 18.5 Å². The molecule has 3 aromatic rings. The molecule has 3 heterocycles. The molecule has 0 bridgehead atoms. The summed E-state index contributed by atoms with van der Waals surface area (Å²) < 4.78 is 1.92. The van der Waals surface area contributed by atoms with Crippen molar-refractivity contribution in [1.29, 1.82) is 5.26 Å². The van der Waals surface area contributed by atoms with Crippen LogP contribution in [0.5, 0.6) is 0 Å². The largest absolute Gasteiger partial charge is 0.346 e. The van der Waals surface area contributed by atoms with Crippen molar-refractivity contribution >= 4 is 29.4 Å². The zero-order valence-corrected chi connectivity index (χ0v) is 20.7. The van der Waals surface area contributed by atoms with Gasteiger partial charge in [-0.05, 0) is 69.7 Å². The van der Waals surface area contributed by atoms with E-state index >= 15 is 0 Å². The number of aryl methyl sites for hydroxylation is 1. The minimum atomic E-state index is -0.962. The number of nitriles is 1. The Hall–Kier alpha value is -3.51. The van der Waals surface area contributed by atoms with Crippen LogP contribution in [0.15, 0.2) is 36.8 Å². The van der Waals surface area contributed by atoms with Crippen molar-refractivity contribution in [1.82, 2.24) is 24.5 Å². The highest BCUT2D eigenvalue weighted by Gasteiger charge is 2.60. The Bertz CT molecular complexity index is 1300. The van der Waals surface area contributed by atoms with Gasteiger partial charge in [-0.25, -0.2) is 4.98 Å². The predicted octanol–water partition coefficient (Wildman–Crippen LogP) is 4.63. The Morgan fingerprint density at radius 1 is 1.26 bits per heavy atom. The number of amides is 1. The van der Waals surface area contributed by atoms with Crippen molar-refractivity contribution in [3.8, 4) is 11.8 Å². The topological polar surface area (TPSA) is 113 Å². The summed E-state index contributed by atoms with van der Waals surface area (Å²) in [4.78, 5) is 33.2. The van der Waals surface area contributed by atoms with Gasteiger partial charge in [-0.3, -0.25) is 9.69 Å². The second-order valence-electron chi connectivity index (χ2n) is 9.35. The second-order valence-corrected chi connectivity index (χ2v) is 9.79. The molecule has 0 radical (unpaired) electrons. The lowest BCUT2D eigenvalue weighted by atomic mass is 9.81. The highest BCUT2D eigenvalue weighted by atomic mass is 35.5. The van der Waals surface area contributed by atoms with E-state index in [1.165, 1.54) is 0 Å². The smallest absolute Gasteiger partial charge is 0.250 e. The fourth-order valence-electron chi connectivity index (χ4n) is 4.84. The van der Waals surface area contributed by atoms with Gasteiger partial charge in [0, 0.05) is 22.9 Å². The van der Waals surface area contributed by atoms with Crippen LogP contribution in [-0.2, 0) is 4.79 Å². The summed E-state index contributed by atoms with van der Waals surface area (Å²) in [6.07, 6.45) is 6.78. The Morgan fingerprint density at radius 2 is 2.00 bits per heavy atom. The number of imidazole rings is 1. The molecule has 1 aromatic carbocycles. The van der Waals surface area contributed by atoms with Crippen molar-refractivity contribution in [3.63, 3.8) is 0 Å². The summed E-state index contributed by atoms with van der Waals surface area (Å²) >= 11 is 5.99. The molecule has 35 heavy (non-hydrogen) atoms. The van der Waals surface area contributed by atoms with Crippen LogP contribution in [0.4, 0.5) is 11.9 Å². The average molecular weight is 491 g/mol. The van der Waals surface area contributed by atoms with Crippen molar-refractivity contribution in [2.24, 2.45) is 11.3 Å². The maximum atomic E-state index is 13.5. The maximum Gasteiger partial charge on any atom is 0.250 e. The molecule has 180 valence electrons. The zero-order valence-electron chi connectivity index (χ0n) is 19.9. The third kappa shape index (κ3) is 4.23. The van der Waals surface area contributed by atoms with Gasteiger partial charge in [0.2, 0.25) is 17.8 Å². The number of hydrogen-bond acceptors (Lipinski definition) is 7. The van der Waals surface area contributed by atoms with E-state index in [0.717, 1.165) is 30.6 Å². The SMILES string of the molecule is CC[C@H]1C[C@@](C#N)(C2CC2)C(=O)N1c1nc(C)nc(N[C@@H](C)c2cn(-c3ccc(Cl)cc3)cn2)n1. The molecule has 1 saturated heterocycles. The monoisotopic (exact) mass is 490 g/mol. The highest BCUT2D eigenvalue weighted by Crippen LogP contribution is 2.53. The van der Waals surface area contributed by atoms with Crippen molar-refractivity contribution in [2.75, 3.05) is 10.2 Å². The van der Waals surface area contributed by atoms with E-state index in [1.807, 2.05) is 48.9 Å². The lowest BCUT2D eigenvalue weighted by Crippen LogP contribution is -2.38. The van der Waals surface area contributed by atoms with Gasteiger partial charge in [0.05, 0.1) is 24.1 Å². The quantitative estimate of drug-likeness (QED) is 0.513. The molecule has 1 aliphatic heterocycles. The van der Waals surface area contributed by atoms with Crippen LogP contribution in [0.25, 0.3) is 5.69 Å². The van der Waals surface area contributed by atoms with E-state index in [9.17, 15) is 10.1 Å². The number of hydrogen-bond donors (Lipinski definition) is 1. The minimum absolute atomic E-state index is 0.107. The number of halogens is 1. The standard InChI is InChI=1S/C25H27ClN8O/c1-4-19-11-25(13-27,17-5-6-17)22(35)34(19)24-31-16(3)30-23(32-24)29-15(2)21-12-33(14-28-21)20-9-7-18(26)8-10-20/h7-10,12,14-15,17,19H,4-6,11H2,1-3H3,(H,29,30,31,32)/t15-,19-,25+/m0/s1. The van der Waals surface area contributed by atoms with Gasteiger partial charge >= 0.3 is 0 Å². The molecular weight excluding hydrogens is 464 g/mol. The Balaban J connectivity index is 1.38. The number of carbonyl (C=O) groups is 1. The summed E-state index contributed by atoms with van der Waals surface area (Å²) in [5.74, 6) is 1.12. The minimum Gasteiger partial charge on any atom is -0.346 e. The molecule has 1 saturated carbocycles. The molecule has 3 atom stereocenters. The van der Waals surface area contributed by atoms with Crippen LogP contribution in [0, 0.1) is 29.6 Å². The molecule has 9 nitrogen and oxygen atoms in total. The first-order valence-corrected chi connectivity index (χ1v) is 12.3. The van der Waals surface area contributed by atoms with Gasteiger partial charge < -0.3 is 9.88 Å². The van der Waals surface area contributed by atoms with Gasteiger partial charge in [0.25, 0.3) is 0 Å². The Labute approximate surface area is 209 Å². The molecule has 2 aliphatic rings. The number of nitrogens with one attached hydrogen (secondary N) is 1. The molecule has 0 spiro atoms. The van der Waals surface area contributed by atoms with Crippen molar-refractivity contribution in [2.45, 2.75) is 58.5 Å². The molecule has 2 fully saturated rings. The summed E-state index contributed by atoms with van der Waals surface area (Å²) in [6.45, 7) is 5.77. The number of carbonyl (C=O) groups excluding carboxylic acids is 1. The first-order chi connectivity index (χ1) is 16.8. The van der Waals surface area contributed by atoms with E-state index < -0.39 is 5.41 Å². The van der Waals surface area contributed by atoms with Gasteiger partial charge in [-0.2, -0.15) is 20.2 Å². The molecule has 0 unspecified atom stereocenters. The number of nitrogens with zero attached hydrogens (tertiary/aromatic N) is 7. The van der Waals surface area contributed by atoms with Crippen molar-refractivity contribution < 1.29 is 4.79 Å². The van der Waals surface area contributed by atoms with E-state index in [2.05, 4.69) is 31.3 Å². The first-order valence-electron chi connectivity index (χ1n) is 11.9. The molecule has 1 N–H and O–H groups in total. The van der Waals surface area contributed by atoms with Gasteiger partial charge in [0.15, 0.2) is 0 Å². The average Bonchev–Trinajstić information content (AvgIpc) is 3.49. The van der Waals surface area contributed by atoms with E-state index in [0.29, 0.717) is 29.2 Å². The zero-order chi connectivity index (χ0) is 24.7. The number of benzene rings is 1. The fourth-order valence-corrected chi connectivity index (χ4v) is 4.96. The Kier molecular flexibility index (Phi) is 5.93. The maximum absolute atomic E-state index is 13.5. The second kappa shape index (κ2) is 8.93. The van der Waals surface area contributed by atoms with E-state index in [1.54, 1.807) is 18.2 Å². The molecule has 10 heteroatoms. The highest BCUT2D eigenvalue weighted by molar-refractivity contribution is 6.30. The number of rotatable bonds is 7. The third-order valence-corrected chi connectivity index (χ3v) is 7.19. The lowest BCUT2D eigenvalue weighted by molar-refractivity contribution is -0.124. The first kappa shape index (κ1) is 23.2. The lowest BCUT2D eigenvalue weighted by Gasteiger charge is -2.23. The third-order valence-electron chi connectivity index (χ3n) is 6.94. The Morgan fingerprint density at radius 3 is 2.66 bits per heavy atom. The van der Waals surface area contributed by atoms with E-state index in [-0.39, 0.29) is 23.9 Å². The molecule has 5 rings (SSSR count). The molecule has 1 amide bonds. The van der Waals surface area contributed by atoms with Gasteiger partial charge in [0.1, 0.15) is 11.2 Å². The fraction of sp³-hybridized carbons (Fsp3) is 0.440. The molecule has 2 aromatic heterocycles. The predicted molar refractivity (Wildman–Crippen MR) is 132 cm³/mol.